The van der Waals surface area contributed by atoms with Gasteiger partial charge in [0.2, 0.25) is 5.91 Å². The summed E-state index contributed by atoms with van der Waals surface area (Å²) in [6.07, 6.45) is 0. The molecule has 0 heterocycles. The standard InChI is InChI=1S/C14H31N3O/c1-11(2)17(12(3)4)13(18)8-16(7)10-14(5,6)9-15/h11-12H,8-10,15H2,1-7H3. The smallest absolute Gasteiger partial charge is 0.237 e. The molecule has 108 valence electrons. The monoisotopic (exact) mass is 257 g/mol. The zero-order valence-corrected chi connectivity index (χ0v) is 13.2. The van der Waals surface area contributed by atoms with E-state index in [0.29, 0.717) is 13.1 Å². The van der Waals surface area contributed by atoms with Crippen molar-refractivity contribution in [3.63, 3.8) is 0 Å². The summed E-state index contributed by atoms with van der Waals surface area (Å²) in [6.45, 7) is 14.4. The highest BCUT2D eigenvalue weighted by Gasteiger charge is 2.24. The second kappa shape index (κ2) is 7.10. The number of amides is 1. The maximum absolute atomic E-state index is 12.3. The number of rotatable bonds is 7. The second-order valence-electron chi connectivity index (χ2n) is 6.53. The average molecular weight is 257 g/mol. The molecule has 4 nitrogen and oxygen atoms in total. The molecule has 0 aliphatic rings. The predicted molar refractivity (Wildman–Crippen MR) is 77.5 cm³/mol. The van der Waals surface area contributed by atoms with Crippen molar-refractivity contribution in [2.24, 2.45) is 11.1 Å². The molecule has 1 amide bonds. The van der Waals surface area contributed by atoms with Crippen molar-refractivity contribution >= 4 is 5.91 Å². The average Bonchev–Trinajstić information content (AvgIpc) is 2.14. The van der Waals surface area contributed by atoms with Gasteiger partial charge in [0.25, 0.3) is 0 Å². The van der Waals surface area contributed by atoms with Crippen molar-refractivity contribution < 1.29 is 4.79 Å². The van der Waals surface area contributed by atoms with Gasteiger partial charge in [-0.1, -0.05) is 13.8 Å². The summed E-state index contributed by atoms with van der Waals surface area (Å²) in [4.78, 5) is 16.3. The number of carbonyl (C=O) groups excluding carboxylic acids is 1. The lowest BCUT2D eigenvalue weighted by Crippen LogP contribution is -2.48. The predicted octanol–water partition coefficient (Wildman–Crippen LogP) is 1.55. The number of hydrogen-bond acceptors (Lipinski definition) is 3. The van der Waals surface area contributed by atoms with Crippen LogP contribution in [-0.2, 0) is 4.79 Å². The molecule has 0 saturated carbocycles. The van der Waals surface area contributed by atoms with E-state index in [1.807, 2.05) is 11.9 Å². The molecule has 2 N–H and O–H groups in total. The Morgan fingerprint density at radius 2 is 1.61 bits per heavy atom. The van der Waals surface area contributed by atoms with E-state index in [1.54, 1.807) is 0 Å². The van der Waals surface area contributed by atoms with Gasteiger partial charge in [-0.3, -0.25) is 9.69 Å². The van der Waals surface area contributed by atoms with Gasteiger partial charge in [0.1, 0.15) is 0 Å². The summed E-state index contributed by atoms with van der Waals surface area (Å²) in [5, 5.41) is 0. The first-order chi connectivity index (χ1) is 8.10. The van der Waals surface area contributed by atoms with Gasteiger partial charge >= 0.3 is 0 Å². The Labute approximate surface area is 113 Å². The molecular weight excluding hydrogens is 226 g/mol. The Kier molecular flexibility index (Phi) is 6.86. The van der Waals surface area contributed by atoms with Gasteiger partial charge in [-0.2, -0.15) is 0 Å². The Bertz CT molecular complexity index is 254. The Morgan fingerprint density at radius 3 is 1.94 bits per heavy atom. The van der Waals surface area contributed by atoms with Crippen molar-refractivity contribution in [3.05, 3.63) is 0 Å². The fourth-order valence-electron chi connectivity index (χ4n) is 2.34. The lowest BCUT2D eigenvalue weighted by molar-refractivity contribution is -0.135. The largest absolute Gasteiger partial charge is 0.337 e. The quantitative estimate of drug-likeness (QED) is 0.753. The van der Waals surface area contributed by atoms with Gasteiger partial charge in [-0.15, -0.1) is 0 Å². The van der Waals surface area contributed by atoms with E-state index in [-0.39, 0.29) is 23.4 Å². The van der Waals surface area contributed by atoms with Gasteiger partial charge in [0, 0.05) is 18.6 Å². The molecule has 0 aliphatic heterocycles. The lowest BCUT2D eigenvalue weighted by Gasteiger charge is -2.34. The van der Waals surface area contributed by atoms with Gasteiger partial charge in [0.15, 0.2) is 0 Å². The molecule has 0 bridgehead atoms. The number of nitrogens with zero attached hydrogens (tertiary/aromatic N) is 2. The molecule has 18 heavy (non-hydrogen) atoms. The lowest BCUT2D eigenvalue weighted by atomic mass is 9.93. The first-order valence-corrected chi connectivity index (χ1v) is 6.80. The number of likely N-dealkylation sites (N-methyl/N-ethyl adjacent to an activating group) is 1. The summed E-state index contributed by atoms with van der Waals surface area (Å²) in [6, 6.07) is 0.488. The second-order valence-corrected chi connectivity index (χ2v) is 6.53. The van der Waals surface area contributed by atoms with Crippen LogP contribution in [0.4, 0.5) is 0 Å². The van der Waals surface area contributed by atoms with Gasteiger partial charge in [-0.05, 0) is 46.7 Å². The Balaban J connectivity index is 4.46. The van der Waals surface area contributed by atoms with Crippen LogP contribution in [0.25, 0.3) is 0 Å². The van der Waals surface area contributed by atoms with Crippen LogP contribution in [0.15, 0.2) is 0 Å². The molecule has 0 saturated heterocycles. The fraction of sp³-hybridized carbons (Fsp3) is 0.929. The molecule has 4 heteroatoms. The van der Waals surface area contributed by atoms with Crippen LogP contribution in [0.5, 0.6) is 0 Å². The van der Waals surface area contributed by atoms with Gasteiger partial charge in [0.05, 0.1) is 6.54 Å². The normalized spacial score (nSPS) is 12.6. The minimum atomic E-state index is 0.0511. The fourth-order valence-corrected chi connectivity index (χ4v) is 2.34. The van der Waals surface area contributed by atoms with Gasteiger partial charge < -0.3 is 10.6 Å². The molecule has 0 fully saturated rings. The van der Waals surface area contributed by atoms with Crippen molar-refractivity contribution in [1.29, 1.82) is 0 Å². The molecule has 0 aliphatic carbocycles. The summed E-state index contributed by atoms with van der Waals surface area (Å²) in [7, 11) is 1.98. The Morgan fingerprint density at radius 1 is 1.17 bits per heavy atom. The van der Waals surface area contributed by atoms with Crippen molar-refractivity contribution in [3.8, 4) is 0 Å². The summed E-state index contributed by atoms with van der Waals surface area (Å²) >= 11 is 0. The molecule has 0 atom stereocenters. The minimum Gasteiger partial charge on any atom is -0.337 e. The van der Waals surface area contributed by atoms with Gasteiger partial charge in [-0.25, -0.2) is 0 Å². The van der Waals surface area contributed by atoms with Crippen LogP contribution in [0.3, 0.4) is 0 Å². The highest BCUT2D eigenvalue weighted by molar-refractivity contribution is 5.78. The number of nitrogens with two attached hydrogens (primary N) is 1. The van der Waals surface area contributed by atoms with E-state index in [1.165, 1.54) is 0 Å². The Hall–Kier alpha value is -0.610. The summed E-state index contributed by atoms with van der Waals surface area (Å²) in [5.74, 6) is 0.190. The summed E-state index contributed by atoms with van der Waals surface area (Å²) in [5.41, 5.74) is 5.77. The van der Waals surface area contributed by atoms with Crippen molar-refractivity contribution in [1.82, 2.24) is 9.80 Å². The third-order valence-electron chi connectivity index (χ3n) is 3.06. The topological polar surface area (TPSA) is 49.6 Å². The van der Waals surface area contributed by atoms with Crippen molar-refractivity contribution in [2.75, 3.05) is 26.7 Å². The zero-order chi connectivity index (χ0) is 14.5. The molecule has 0 spiro atoms. The van der Waals surface area contributed by atoms with Crippen LogP contribution in [0.2, 0.25) is 0 Å². The maximum atomic E-state index is 12.3. The molecule has 0 rings (SSSR count). The minimum absolute atomic E-state index is 0.0511. The SMILES string of the molecule is CC(C)N(C(=O)CN(C)CC(C)(C)CN)C(C)C. The van der Waals surface area contributed by atoms with Crippen LogP contribution < -0.4 is 5.73 Å². The molecule has 0 radical (unpaired) electrons. The van der Waals surface area contributed by atoms with Crippen LogP contribution in [0.1, 0.15) is 41.5 Å². The highest BCUT2D eigenvalue weighted by atomic mass is 16.2. The first kappa shape index (κ1) is 17.4. The van der Waals surface area contributed by atoms with Crippen LogP contribution in [0, 0.1) is 5.41 Å². The zero-order valence-electron chi connectivity index (χ0n) is 13.2. The third kappa shape index (κ3) is 5.83. The third-order valence-corrected chi connectivity index (χ3v) is 3.06. The van der Waals surface area contributed by atoms with E-state index < -0.39 is 0 Å². The van der Waals surface area contributed by atoms with Crippen LogP contribution >= 0.6 is 0 Å². The molecule has 0 aromatic carbocycles. The molecule has 0 aromatic rings. The number of carbonyl (C=O) groups is 1. The highest BCUT2D eigenvalue weighted by Crippen LogP contribution is 2.14. The molecular formula is C14H31N3O. The molecule has 0 aromatic heterocycles. The summed E-state index contributed by atoms with van der Waals surface area (Å²) < 4.78 is 0. The first-order valence-electron chi connectivity index (χ1n) is 6.80. The van der Waals surface area contributed by atoms with Crippen molar-refractivity contribution in [2.45, 2.75) is 53.6 Å². The van der Waals surface area contributed by atoms with E-state index in [2.05, 4.69) is 46.4 Å². The number of hydrogen-bond donors (Lipinski definition) is 1. The molecule has 0 unspecified atom stereocenters. The maximum Gasteiger partial charge on any atom is 0.237 e. The van der Waals surface area contributed by atoms with Crippen LogP contribution in [-0.4, -0.2) is 54.5 Å². The van der Waals surface area contributed by atoms with E-state index in [9.17, 15) is 4.79 Å². The van der Waals surface area contributed by atoms with E-state index in [4.69, 9.17) is 5.73 Å². The van der Waals surface area contributed by atoms with E-state index in [0.717, 1.165) is 6.54 Å². The van der Waals surface area contributed by atoms with E-state index >= 15 is 0 Å².